The molecule has 1 fully saturated rings. The zero-order valence-corrected chi connectivity index (χ0v) is 16.4. The minimum atomic E-state index is 0. The van der Waals surface area contributed by atoms with Crippen LogP contribution in [0.4, 0.5) is 0 Å². The Morgan fingerprint density at radius 3 is 2.30 bits per heavy atom. The van der Waals surface area contributed by atoms with Crippen LogP contribution in [-0.2, 0) is 6.42 Å². The fraction of sp³-hybridized carbons (Fsp3) is 0.182. The molecule has 5 heteroatoms. The van der Waals surface area contributed by atoms with Crippen molar-refractivity contribution in [2.45, 2.75) is 25.7 Å². The third kappa shape index (κ3) is 2.91. The SMILES string of the molecule is C1=C2/CC/C(=C3\CCc4cc([n-]c43)/C=c3/cc/c([n-]3)=C/c3ccc/1[n-]3)[N-]2.[Mg+2]. The maximum atomic E-state index is 4.91. The van der Waals surface area contributed by atoms with Gasteiger partial charge in [0, 0.05) is 0 Å². The van der Waals surface area contributed by atoms with Crippen LogP contribution >= 0.6 is 0 Å². The Labute approximate surface area is 173 Å². The average Bonchev–Trinajstić information content (AvgIpc) is 3.38. The van der Waals surface area contributed by atoms with Crippen molar-refractivity contribution in [1.82, 2.24) is 15.0 Å². The number of fused-ring (bicyclic) bond motifs is 7. The summed E-state index contributed by atoms with van der Waals surface area (Å²) in [5.74, 6) is 0. The van der Waals surface area contributed by atoms with Crippen molar-refractivity contribution < 1.29 is 0 Å². The molecule has 0 spiro atoms. The van der Waals surface area contributed by atoms with E-state index in [1.807, 2.05) is 30.3 Å². The molecule has 3 aliphatic rings. The first-order valence-corrected chi connectivity index (χ1v) is 9.08. The summed E-state index contributed by atoms with van der Waals surface area (Å²) in [6.07, 6.45) is 10.3. The maximum absolute atomic E-state index is 4.91. The second-order valence-electron chi connectivity index (χ2n) is 7.11. The summed E-state index contributed by atoms with van der Waals surface area (Å²) >= 11 is 0. The maximum Gasteiger partial charge on any atom is 2.00 e. The van der Waals surface area contributed by atoms with Gasteiger partial charge in [0.2, 0.25) is 0 Å². The van der Waals surface area contributed by atoms with Crippen LogP contribution in [0, 0.1) is 0 Å². The normalized spacial score (nSPS) is 24.1. The summed E-state index contributed by atoms with van der Waals surface area (Å²) in [6.45, 7) is 0. The predicted molar refractivity (Wildman–Crippen MR) is 107 cm³/mol. The summed E-state index contributed by atoms with van der Waals surface area (Å²) in [5, 5.41) is 6.77. The van der Waals surface area contributed by atoms with Crippen LogP contribution in [0.1, 0.15) is 47.6 Å². The Kier molecular flexibility index (Phi) is 3.95. The zero-order valence-electron chi connectivity index (χ0n) is 14.9. The van der Waals surface area contributed by atoms with E-state index in [-0.39, 0.29) is 23.1 Å². The second kappa shape index (κ2) is 6.36. The van der Waals surface area contributed by atoms with Crippen LogP contribution in [0.5, 0.6) is 0 Å². The number of hydrogen-bond acceptors (Lipinski definition) is 0. The molecule has 3 aromatic heterocycles. The first kappa shape index (κ1) is 16.8. The van der Waals surface area contributed by atoms with Crippen molar-refractivity contribution >= 4 is 46.9 Å². The zero-order chi connectivity index (χ0) is 17.1. The topological polar surface area (TPSA) is 56.4 Å². The van der Waals surface area contributed by atoms with E-state index in [2.05, 4.69) is 28.2 Å². The van der Waals surface area contributed by atoms with Gasteiger partial charge in [0.05, 0.1) is 0 Å². The van der Waals surface area contributed by atoms with Crippen LogP contribution in [0.3, 0.4) is 0 Å². The summed E-state index contributed by atoms with van der Waals surface area (Å²) in [6, 6.07) is 10.3. The molecule has 1 saturated heterocycles. The smallest absolute Gasteiger partial charge is 0.665 e. The summed E-state index contributed by atoms with van der Waals surface area (Å²) in [4.78, 5) is 14.2. The van der Waals surface area contributed by atoms with Gasteiger partial charge in [-0.1, -0.05) is 59.7 Å². The Hall–Kier alpha value is -2.37. The Morgan fingerprint density at radius 2 is 1.44 bits per heavy atom. The molecular formula is C22H16MgN4-2. The van der Waals surface area contributed by atoms with Crippen LogP contribution in [0.15, 0.2) is 41.7 Å². The molecule has 0 amide bonds. The van der Waals surface area contributed by atoms with E-state index in [1.54, 1.807) is 0 Å². The van der Waals surface area contributed by atoms with Crippen molar-refractivity contribution in [3.8, 4) is 0 Å². The summed E-state index contributed by atoms with van der Waals surface area (Å²) in [5.41, 5.74) is 9.03. The summed E-state index contributed by atoms with van der Waals surface area (Å²) < 4.78 is 0. The molecule has 0 atom stereocenters. The minimum Gasteiger partial charge on any atom is -0.665 e. The monoisotopic (exact) mass is 360 g/mol. The predicted octanol–water partition coefficient (Wildman–Crippen LogP) is 2.01. The number of aryl methyl sites for hydroxylation is 1. The van der Waals surface area contributed by atoms with E-state index in [1.165, 1.54) is 16.8 Å². The van der Waals surface area contributed by atoms with Crippen molar-refractivity contribution in [3.05, 3.63) is 86.1 Å². The average molecular weight is 361 g/mol. The molecule has 0 radical (unpaired) electrons. The van der Waals surface area contributed by atoms with Gasteiger partial charge in [-0.05, 0) is 25.7 Å². The quantitative estimate of drug-likeness (QED) is 0.576. The first-order valence-electron chi connectivity index (χ1n) is 9.08. The van der Waals surface area contributed by atoms with Gasteiger partial charge >= 0.3 is 23.1 Å². The van der Waals surface area contributed by atoms with Gasteiger partial charge in [0.15, 0.2) is 0 Å². The van der Waals surface area contributed by atoms with Crippen molar-refractivity contribution in [2.24, 2.45) is 0 Å². The number of nitrogens with zero attached hydrogens (tertiary/aromatic N) is 4. The van der Waals surface area contributed by atoms with Crippen LogP contribution < -0.4 is 25.7 Å². The van der Waals surface area contributed by atoms with Gasteiger partial charge in [-0.15, -0.1) is 33.5 Å². The number of aromatic nitrogens is 3. The van der Waals surface area contributed by atoms with E-state index in [0.29, 0.717) is 0 Å². The number of allylic oxidation sites excluding steroid dienone is 3. The molecule has 4 nitrogen and oxygen atoms in total. The van der Waals surface area contributed by atoms with Gasteiger partial charge < -0.3 is 20.3 Å². The third-order valence-corrected chi connectivity index (χ3v) is 5.31. The first-order chi connectivity index (χ1) is 12.8. The summed E-state index contributed by atoms with van der Waals surface area (Å²) in [7, 11) is 0. The van der Waals surface area contributed by atoms with Crippen LogP contribution in [-0.4, -0.2) is 23.1 Å². The molecule has 128 valence electrons. The third-order valence-electron chi connectivity index (χ3n) is 5.31. The van der Waals surface area contributed by atoms with Crippen LogP contribution in [0.2, 0.25) is 0 Å². The molecule has 27 heavy (non-hydrogen) atoms. The Balaban J connectivity index is 0.00000160. The van der Waals surface area contributed by atoms with Crippen molar-refractivity contribution in [2.75, 3.05) is 0 Å². The molecule has 6 rings (SSSR count). The second-order valence-corrected chi connectivity index (χ2v) is 7.11. The molecule has 1 aliphatic carbocycles. The molecule has 0 N–H and O–H groups in total. The van der Waals surface area contributed by atoms with Crippen molar-refractivity contribution in [3.63, 3.8) is 0 Å². The molecule has 2 aliphatic heterocycles. The van der Waals surface area contributed by atoms with E-state index in [9.17, 15) is 0 Å². The largest absolute Gasteiger partial charge is 2.00 e. The van der Waals surface area contributed by atoms with E-state index < -0.39 is 0 Å². The van der Waals surface area contributed by atoms with Gasteiger partial charge in [-0.2, -0.15) is 11.4 Å². The molecule has 0 aromatic carbocycles. The van der Waals surface area contributed by atoms with Gasteiger partial charge in [-0.25, -0.2) is 0 Å². The van der Waals surface area contributed by atoms with E-state index in [4.69, 9.17) is 10.3 Å². The fourth-order valence-electron chi connectivity index (χ4n) is 4.10. The van der Waals surface area contributed by atoms with Gasteiger partial charge in [-0.3, -0.25) is 0 Å². The Bertz CT molecular complexity index is 1220. The standard InChI is InChI=1S/C22H16N4.Mg/c1-7-20-21-8-6-18(25-21)11-16-3-2-14(23-16)10-15-4-5-17(24-15)12-19-9-13(1)22(20)26-19;/h2-5,9-12H,1,6-8H2;/q-4;+2/b15-10-,17-12-,18-11-,21-20-;. The fourth-order valence-corrected chi connectivity index (χ4v) is 4.10. The molecule has 3 aromatic rings. The number of rotatable bonds is 0. The molecule has 0 unspecified atom stereocenters. The molecular weight excluding hydrogens is 345 g/mol. The minimum absolute atomic E-state index is 0. The number of hydrogen-bond donors (Lipinski definition) is 0. The van der Waals surface area contributed by atoms with E-state index >= 15 is 0 Å². The van der Waals surface area contributed by atoms with Gasteiger partial charge in [0.25, 0.3) is 0 Å². The van der Waals surface area contributed by atoms with Crippen molar-refractivity contribution in [1.29, 1.82) is 0 Å². The molecule has 5 heterocycles. The molecule has 0 saturated carbocycles. The molecule has 8 bridgehead atoms. The van der Waals surface area contributed by atoms with E-state index in [0.717, 1.165) is 64.9 Å². The van der Waals surface area contributed by atoms with Crippen LogP contribution in [0.25, 0.3) is 29.1 Å². The Morgan fingerprint density at radius 1 is 0.667 bits per heavy atom. The van der Waals surface area contributed by atoms with Gasteiger partial charge in [0.1, 0.15) is 0 Å².